The van der Waals surface area contributed by atoms with E-state index in [9.17, 15) is 0 Å². The highest BCUT2D eigenvalue weighted by molar-refractivity contribution is 7.15. The number of methoxy groups -OCH3 is 1. The molecule has 0 saturated heterocycles. The van der Waals surface area contributed by atoms with Gasteiger partial charge in [-0.05, 0) is 6.42 Å². The second kappa shape index (κ2) is 4.25. The van der Waals surface area contributed by atoms with Gasteiger partial charge in [-0.15, -0.1) is 10.2 Å². The molecule has 0 fully saturated rings. The number of hydrogen-bond acceptors (Lipinski definition) is 5. The fraction of sp³-hybridized carbons (Fsp3) is 0.667. The molecule has 0 aliphatic carbocycles. The molecule has 0 radical (unpaired) electrons. The first-order chi connectivity index (χ1) is 5.33. The van der Waals surface area contributed by atoms with Crippen LogP contribution in [0.3, 0.4) is 0 Å². The molecule has 1 aromatic rings. The summed E-state index contributed by atoms with van der Waals surface area (Å²) in [5.74, 6) is 0. The molecule has 0 aliphatic rings. The lowest BCUT2D eigenvalue weighted by atomic mass is 10.3. The molecule has 0 saturated carbocycles. The van der Waals surface area contributed by atoms with Gasteiger partial charge in [-0.2, -0.15) is 0 Å². The third-order valence-electron chi connectivity index (χ3n) is 1.22. The lowest BCUT2D eigenvalue weighted by molar-refractivity contribution is 0.195. The van der Waals surface area contributed by atoms with Crippen molar-refractivity contribution in [3.8, 4) is 0 Å². The normalized spacial score (nSPS) is 10.3. The summed E-state index contributed by atoms with van der Waals surface area (Å²) in [6, 6.07) is 0. The molecule has 4 nitrogen and oxygen atoms in total. The number of aromatic nitrogens is 2. The fourth-order valence-electron chi connectivity index (χ4n) is 0.735. The Balaban J connectivity index is 2.27. The topological polar surface area (TPSA) is 61.0 Å². The zero-order valence-electron chi connectivity index (χ0n) is 6.41. The van der Waals surface area contributed by atoms with Crippen molar-refractivity contribution in [1.29, 1.82) is 0 Å². The lowest BCUT2D eigenvalue weighted by Gasteiger charge is -1.93. The van der Waals surface area contributed by atoms with Gasteiger partial charge in [0.25, 0.3) is 0 Å². The molecular formula is C6H11N3OS. The number of aryl methyl sites for hydroxylation is 1. The van der Waals surface area contributed by atoms with E-state index in [1.165, 1.54) is 11.3 Å². The van der Waals surface area contributed by atoms with E-state index in [0.717, 1.165) is 24.5 Å². The zero-order chi connectivity index (χ0) is 8.10. The quantitative estimate of drug-likeness (QED) is 0.681. The van der Waals surface area contributed by atoms with Crippen molar-refractivity contribution < 1.29 is 4.74 Å². The Kier molecular flexibility index (Phi) is 3.25. The Labute approximate surface area is 69.4 Å². The molecule has 62 valence electrons. The summed E-state index contributed by atoms with van der Waals surface area (Å²) in [5, 5.41) is 9.10. The summed E-state index contributed by atoms with van der Waals surface area (Å²) >= 11 is 1.44. The van der Waals surface area contributed by atoms with Crippen LogP contribution < -0.4 is 5.73 Å². The van der Waals surface area contributed by atoms with Crippen LogP contribution in [-0.2, 0) is 11.2 Å². The first kappa shape index (κ1) is 8.42. The van der Waals surface area contributed by atoms with E-state index in [-0.39, 0.29) is 0 Å². The number of ether oxygens (including phenoxy) is 1. The molecule has 0 amide bonds. The number of rotatable bonds is 4. The summed E-state index contributed by atoms with van der Waals surface area (Å²) in [4.78, 5) is 0. The van der Waals surface area contributed by atoms with E-state index in [0.29, 0.717) is 5.13 Å². The van der Waals surface area contributed by atoms with Crippen LogP contribution in [0.25, 0.3) is 0 Å². The summed E-state index contributed by atoms with van der Waals surface area (Å²) in [6.07, 6.45) is 1.88. The van der Waals surface area contributed by atoms with Crippen LogP contribution in [0.5, 0.6) is 0 Å². The monoisotopic (exact) mass is 173 g/mol. The van der Waals surface area contributed by atoms with Crippen molar-refractivity contribution in [3.05, 3.63) is 5.01 Å². The standard InChI is InChI=1S/C6H11N3OS/c1-10-4-2-3-5-8-9-6(7)11-5/h2-4H2,1H3,(H2,7,9). The zero-order valence-corrected chi connectivity index (χ0v) is 7.23. The van der Waals surface area contributed by atoms with Crippen LogP contribution in [0.2, 0.25) is 0 Å². The lowest BCUT2D eigenvalue weighted by Crippen LogP contribution is -1.91. The van der Waals surface area contributed by atoms with Gasteiger partial charge in [0.2, 0.25) is 5.13 Å². The van der Waals surface area contributed by atoms with Gasteiger partial charge in [0.1, 0.15) is 5.01 Å². The van der Waals surface area contributed by atoms with E-state index < -0.39 is 0 Å². The Bertz CT molecular complexity index is 213. The number of nitrogens with zero attached hydrogens (tertiary/aromatic N) is 2. The van der Waals surface area contributed by atoms with Crippen molar-refractivity contribution in [1.82, 2.24) is 10.2 Å². The molecule has 1 rings (SSSR count). The third-order valence-corrected chi connectivity index (χ3v) is 2.03. The number of nitrogen functional groups attached to an aromatic ring is 1. The number of nitrogens with two attached hydrogens (primary N) is 1. The maximum Gasteiger partial charge on any atom is 0.203 e. The molecule has 0 spiro atoms. The molecule has 11 heavy (non-hydrogen) atoms. The van der Waals surface area contributed by atoms with E-state index in [1.54, 1.807) is 7.11 Å². The second-order valence-electron chi connectivity index (χ2n) is 2.13. The summed E-state index contributed by atoms with van der Waals surface area (Å²) in [5.41, 5.74) is 5.40. The number of hydrogen-bond donors (Lipinski definition) is 1. The molecule has 5 heteroatoms. The largest absolute Gasteiger partial charge is 0.385 e. The average Bonchev–Trinajstić information content (AvgIpc) is 2.37. The van der Waals surface area contributed by atoms with E-state index in [4.69, 9.17) is 10.5 Å². The minimum atomic E-state index is 0.539. The average molecular weight is 173 g/mol. The summed E-state index contributed by atoms with van der Waals surface area (Å²) < 4.78 is 4.90. The second-order valence-corrected chi connectivity index (χ2v) is 3.22. The van der Waals surface area contributed by atoms with Gasteiger partial charge in [-0.3, -0.25) is 0 Å². The Hall–Kier alpha value is -0.680. The summed E-state index contributed by atoms with van der Waals surface area (Å²) in [6.45, 7) is 0.763. The van der Waals surface area contributed by atoms with Crippen LogP contribution in [0.15, 0.2) is 0 Å². The molecule has 0 bridgehead atoms. The molecule has 1 aromatic heterocycles. The minimum Gasteiger partial charge on any atom is -0.385 e. The predicted molar refractivity (Wildman–Crippen MR) is 44.5 cm³/mol. The highest BCUT2D eigenvalue weighted by Crippen LogP contribution is 2.12. The molecule has 0 atom stereocenters. The highest BCUT2D eigenvalue weighted by atomic mass is 32.1. The molecule has 2 N–H and O–H groups in total. The van der Waals surface area contributed by atoms with Crippen molar-refractivity contribution in [2.24, 2.45) is 0 Å². The van der Waals surface area contributed by atoms with Crippen LogP contribution >= 0.6 is 11.3 Å². The Morgan fingerprint density at radius 3 is 2.91 bits per heavy atom. The highest BCUT2D eigenvalue weighted by Gasteiger charge is 1.99. The number of anilines is 1. The van der Waals surface area contributed by atoms with Crippen molar-refractivity contribution in [3.63, 3.8) is 0 Å². The van der Waals surface area contributed by atoms with Gasteiger partial charge in [-0.1, -0.05) is 11.3 Å². The van der Waals surface area contributed by atoms with Gasteiger partial charge in [-0.25, -0.2) is 0 Å². The van der Waals surface area contributed by atoms with Gasteiger partial charge in [0, 0.05) is 20.1 Å². The fourth-order valence-corrected chi connectivity index (χ4v) is 1.39. The van der Waals surface area contributed by atoms with Crippen LogP contribution in [-0.4, -0.2) is 23.9 Å². The molecule has 0 aliphatic heterocycles. The first-order valence-electron chi connectivity index (χ1n) is 3.39. The summed E-state index contributed by atoms with van der Waals surface area (Å²) in [7, 11) is 1.69. The Morgan fingerprint density at radius 2 is 2.36 bits per heavy atom. The van der Waals surface area contributed by atoms with Gasteiger partial charge < -0.3 is 10.5 Å². The van der Waals surface area contributed by atoms with Crippen molar-refractivity contribution in [2.75, 3.05) is 19.5 Å². The van der Waals surface area contributed by atoms with Crippen LogP contribution in [0.1, 0.15) is 11.4 Å². The maximum atomic E-state index is 5.40. The molecule has 1 heterocycles. The van der Waals surface area contributed by atoms with E-state index >= 15 is 0 Å². The smallest absolute Gasteiger partial charge is 0.203 e. The van der Waals surface area contributed by atoms with Crippen LogP contribution in [0.4, 0.5) is 5.13 Å². The van der Waals surface area contributed by atoms with E-state index in [2.05, 4.69) is 10.2 Å². The predicted octanol–water partition coefficient (Wildman–Crippen LogP) is 0.699. The van der Waals surface area contributed by atoms with Gasteiger partial charge in [0.15, 0.2) is 0 Å². The first-order valence-corrected chi connectivity index (χ1v) is 4.21. The SMILES string of the molecule is COCCCc1nnc(N)s1. The van der Waals surface area contributed by atoms with Gasteiger partial charge in [0.05, 0.1) is 0 Å². The molecule has 0 aromatic carbocycles. The molecule has 0 unspecified atom stereocenters. The Morgan fingerprint density at radius 1 is 1.55 bits per heavy atom. The van der Waals surface area contributed by atoms with Crippen molar-refractivity contribution in [2.45, 2.75) is 12.8 Å². The maximum absolute atomic E-state index is 5.40. The van der Waals surface area contributed by atoms with Crippen LogP contribution in [0, 0.1) is 0 Å². The minimum absolute atomic E-state index is 0.539. The molecular weight excluding hydrogens is 162 g/mol. The third kappa shape index (κ3) is 2.81. The van der Waals surface area contributed by atoms with Crippen molar-refractivity contribution >= 4 is 16.5 Å². The van der Waals surface area contributed by atoms with Gasteiger partial charge >= 0.3 is 0 Å². The van der Waals surface area contributed by atoms with E-state index in [1.807, 2.05) is 0 Å².